The van der Waals surface area contributed by atoms with Crippen molar-refractivity contribution in [2.24, 2.45) is 0 Å². The van der Waals surface area contributed by atoms with E-state index in [0.29, 0.717) is 40.3 Å². The summed E-state index contributed by atoms with van der Waals surface area (Å²) in [6, 6.07) is 15.1. The third kappa shape index (κ3) is 2.91. The predicted octanol–water partition coefficient (Wildman–Crippen LogP) is 3.91. The minimum Gasteiger partial charge on any atom is -0.384 e. The zero-order valence-electron chi connectivity index (χ0n) is 14.9. The molecule has 2 aromatic heterocycles. The molecule has 4 rings (SSSR count). The highest BCUT2D eigenvalue weighted by molar-refractivity contribution is 6.16. The number of hydrogen-bond donors (Lipinski definition) is 2. The van der Waals surface area contributed by atoms with Gasteiger partial charge in [0, 0.05) is 12.2 Å². The molecular formula is C21H19N5O. The summed E-state index contributed by atoms with van der Waals surface area (Å²) in [5.41, 5.74) is 11.0. The van der Waals surface area contributed by atoms with E-state index in [1.165, 1.54) is 0 Å². The normalized spacial score (nSPS) is 11.0. The number of fused-ring (bicyclic) bond motifs is 2. The first kappa shape index (κ1) is 16.8. The van der Waals surface area contributed by atoms with Crippen molar-refractivity contribution in [1.82, 2.24) is 14.5 Å². The summed E-state index contributed by atoms with van der Waals surface area (Å²) in [7, 11) is 0. The van der Waals surface area contributed by atoms with Crippen LogP contribution in [0.5, 0.6) is 0 Å². The molecule has 0 saturated heterocycles. The van der Waals surface area contributed by atoms with E-state index < -0.39 is 0 Å². The molecule has 0 radical (unpaired) electrons. The van der Waals surface area contributed by atoms with Crippen LogP contribution in [-0.2, 0) is 6.54 Å². The van der Waals surface area contributed by atoms with Crippen LogP contribution in [0.15, 0.2) is 61.2 Å². The lowest BCUT2D eigenvalue weighted by molar-refractivity contribution is 0.102. The van der Waals surface area contributed by atoms with Crippen LogP contribution < -0.4 is 11.1 Å². The average Bonchev–Trinajstić information content (AvgIpc) is 2.93. The summed E-state index contributed by atoms with van der Waals surface area (Å²) in [4.78, 5) is 22.3. The van der Waals surface area contributed by atoms with Gasteiger partial charge in [0.05, 0.1) is 11.0 Å². The van der Waals surface area contributed by atoms with Crippen LogP contribution >= 0.6 is 0 Å². The van der Waals surface area contributed by atoms with E-state index in [-0.39, 0.29) is 5.91 Å². The summed E-state index contributed by atoms with van der Waals surface area (Å²) in [6.45, 7) is 6.20. The van der Waals surface area contributed by atoms with E-state index in [1.54, 1.807) is 10.6 Å². The molecule has 0 aliphatic rings. The van der Waals surface area contributed by atoms with Crippen molar-refractivity contribution in [2.45, 2.75) is 13.5 Å². The molecule has 0 saturated carbocycles. The number of para-hydroxylation sites is 2. The molecule has 0 atom stereocenters. The van der Waals surface area contributed by atoms with Gasteiger partial charge in [-0.1, -0.05) is 35.9 Å². The van der Waals surface area contributed by atoms with Gasteiger partial charge in [-0.15, -0.1) is 6.58 Å². The predicted molar refractivity (Wildman–Crippen MR) is 109 cm³/mol. The van der Waals surface area contributed by atoms with Gasteiger partial charge in [0.1, 0.15) is 16.9 Å². The van der Waals surface area contributed by atoms with E-state index in [9.17, 15) is 4.79 Å². The Labute approximate surface area is 156 Å². The lowest BCUT2D eigenvalue weighted by atomic mass is 10.2. The van der Waals surface area contributed by atoms with Crippen molar-refractivity contribution in [3.63, 3.8) is 0 Å². The monoisotopic (exact) mass is 357 g/mol. The number of carbonyl (C=O) groups is 1. The van der Waals surface area contributed by atoms with Gasteiger partial charge in [0.25, 0.3) is 5.91 Å². The zero-order chi connectivity index (χ0) is 19.0. The van der Waals surface area contributed by atoms with Gasteiger partial charge >= 0.3 is 0 Å². The molecule has 0 aliphatic carbocycles. The van der Waals surface area contributed by atoms with Crippen LogP contribution in [0, 0.1) is 6.92 Å². The Morgan fingerprint density at radius 3 is 2.48 bits per heavy atom. The zero-order valence-corrected chi connectivity index (χ0v) is 14.9. The van der Waals surface area contributed by atoms with E-state index in [1.807, 2.05) is 55.5 Å². The Morgan fingerprint density at radius 2 is 1.81 bits per heavy atom. The Bertz CT molecular complexity index is 1170. The van der Waals surface area contributed by atoms with Crippen molar-refractivity contribution in [3.8, 4) is 0 Å². The van der Waals surface area contributed by atoms with E-state index in [0.717, 1.165) is 11.1 Å². The number of allylic oxidation sites excluding steroid dienone is 1. The molecule has 27 heavy (non-hydrogen) atoms. The number of hydrogen-bond acceptors (Lipinski definition) is 4. The van der Waals surface area contributed by atoms with Crippen LogP contribution in [-0.4, -0.2) is 20.4 Å². The van der Waals surface area contributed by atoms with Gasteiger partial charge in [0.15, 0.2) is 5.65 Å². The third-order valence-corrected chi connectivity index (χ3v) is 4.44. The maximum Gasteiger partial charge on any atom is 0.261 e. The molecule has 3 N–H and O–H groups in total. The van der Waals surface area contributed by atoms with E-state index in [4.69, 9.17) is 5.73 Å². The van der Waals surface area contributed by atoms with Crippen molar-refractivity contribution in [2.75, 3.05) is 11.1 Å². The maximum absolute atomic E-state index is 13.0. The van der Waals surface area contributed by atoms with Gasteiger partial charge in [-0.25, -0.2) is 9.97 Å². The van der Waals surface area contributed by atoms with E-state index in [2.05, 4.69) is 21.9 Å². The fraction of sp³-hybridized carbons (Fsp3) is 0.0952. The Hall–Kier alpha value is -3.67. The molecule has 0 bridgehead atoms. The van der Waals surface area contributed by atoms with Crippen molar-refractivity contribution in [1.29, 1.82) is 0 Å². The maximum atomic E-state index is 13.0. The number of nitrogens with two attached hydrogens (primary N) is 1. The number of amides is 1. The molecule has 2 aromatic carbocycles. The average molecular weight is 357 g/mol. The molecule has 0 spiro atoms. The SMILES string of the molecule is C=CCn1c(N)c(C(=O)Nc2ccc(C)cc2)c2nc3ccccc3nc21. The Morgan fingerprint density at radius 1 is 1.15 bits per heavy atom. The molecule has 0 aliphatic heterocycles. The number of rotatable bonds is 4. The summed E-state index contributed by atoms with van der Waals surface area (Å²) in [5.74, 6) is 0.0126. The smallest absolute Gasteiger partial charge is 0.261 e. The van der Waals surface area contributed by atoms with E-state index >= 15 is 0 Å². The first-order chi connectivity index (χ1) is 13.1. The fourth-order valence-corrected chi connectivity index (χ4v) is 3.09. The first-order valence-corrected chi connectivity index (χ1v) is 8.62. The lowest BCUT2D eigenvalue weighted by Gasteiger charge is -2.06. The highest BCUT2D eigenvalue weighted by Crippen LogP contribution is 2.28. The summed E-state index contributed by atoms with van der Waals surface area (Å²) < 4.78 is 1.76. The minimum atomic E-state index is -0.311. The molecule has 0 unspecified atom stereocenters. The van der Waals surface area contributed by atoms with Gasteiger partial charge in [-0.3, -0.25) is 4.79 Å². The number of nitrogens with zero attached hydrogens (tertiary/aromatic N) is 3. The molecule has 2 heterocycles. The summed E-state index contributed by atoms with van der Waals surface area (Å²) in [5, 5.41) is 2.90. The van der Waals surface area contributed by atoms with Crippen LogP contribution in [0.4, 0.5) is 11.5 Å². The minimum absolute atomic E-state index is 0.311. The number of nitrogens with one attached hydrogen (secondary N) is 1. The van der Waals surface area contributed by atoms with Crippen LogP contribution in [0.2, 0.25) is 0 Å². The lowest BCUT2D eigenvalue weighted by Crippen LogP contribution is -2.14. The third-order valence-electron chi connectivity index (χ3n) is 4.44. The molecule has 4 aromatic rings. The number of benzene rings is 2. The molecule has 134 valence electrons. The second-order valence-electron chi connectivity index (χ2n) is 6.36. The standard InChI is InChI=1S/C21H19N5O/c1-3-12-26-19(22)17(21(27)23-14-10-8-13(2)9-11-14)18-20(26)25-16-7-5-4-6-15(16)24-18/h3-11H,1,12,22H2,2H3,(H,23,27). The Kier molecular flexibility index (Phi) is 4.08. The second kappa shape index (κ2) is 6.57. The largest absolute Gasteiger partial charge is 0.384 e. The van der Waals surface area contributed by atoms with Crippen LogP contribution in [0.3, 0.4) is 0 Å². The second-order valence-corrected chi connectivity index (χ2v) is 6.36. The van der Waals surface area contributed by atoms with Crippen molar-refractivity contribution >= 4 is 39.6 Å². The number of carbonyl (C=O) groups excluding carboxylic acids is 1. The molecule has 1 amide bonds. The number of aromatic nitrogens is 3. The van der Waals surface area contributed by atoms with Gasteiger partial charge in [-0.2, -0.15) is 0 Å². The highest BCUT2D eigenvalue weighted by atomic mass is 16.1. The number of aryl methyl sites for hydroxylation is 1. The van der Waals surface area contributed by atoms with Crippen molar-refractivity contribution < 1.29 is 4.79 Å². The number of anilines is 2. The topological polar surface area (TPSA) is 85.8 Å². The van der Waals surface area contributed by atoms with Crippen LogP contribution in [0.1, 0.15) is 15.9 Å². The first-order valence-electron chi connectivity index (χ1n) is 8.62. The molecule has 6 heteroatoms. The molecule has 0 fully saturated rings. The fourth-order valence-electron chi connectivity index (χ4n) is 3.09. The number of nitrogen functional groups attached to an aromatic ring is 1. The summed E-state index contributed by atoms with van der Waals surface area (Å²) >= 11 is 0. The van der Waals surface area contributed by atoms with Gasteiger partial charge in [-0.05, 0) is 31.2 Å². The summed E-state index contributed by atoms with van der Waals surface area (Å²) in [6.07, 6.45) is 1.72. The van der Waals surface area contributed by atoms with Gasteiger partial charge < -0.3 is 15.6 Å². The Balaban J connectivity index is 1.88. The van der Waals surface area contributed by atoms with Crippen molar-refractivity contribution in [3.05, 3.63) is 72.3 Å². The highest BCUT2D eigenvalue weighted by Gasteiger charge is 2.23. The van der Waals surface area contributed by atoms with Crippen LogP contribution in [0.25, 0.3) is 22.2 Å². The molecular weight excluding hydrogens is 338 g/mol. The quantitative estimate of drug-likeness (QED) is 0.542. The van der Waals surface area contributed by atoms with Gasteiger partial charge in [0.2, 0.25) is 0 Å². The molecule has 6 nitrogen and oxygen atoms in total.